The highest BCUT2D eigenvalue weighted by Crippen LogP contribution is 2.12. The van der Waals surface area contributed by atoms with E-state index in [1.807, 2.05) is 26.0 Å². The first kappa shape index (κ1) is 23.9. The molecule has 0 fully saturated rings. The van der Waals surface area contributed by atoms with E-state index in [0.717, 1.165) is 44.9 Å². The third-order valence-corrected chi connectivity index (χ3v) is 3.84. The molecule has 0 saturated carbocycles. The Balaban J connectivity index is 0.00000301. The molecule has 0 aromatic rings. The Labute approximate surface area is 157 Å². The van der Waals surface area contributed by atoms with Crippen molar-refractivity contribution in [3.8, 4) is 0 Å². The summed E-state index contributed by atoms with van der Waals surface area (Å²) in [5.41, 5.74) is 0.643. The van der Waals surface area contributed by atoms with Crippen molar-refractivity contribution in [2.24, 2.45) is 0 Å². The number of esters is 1. The van der Waals surface area contributed by atoms with E-state index in [1.54, 1.807) is 6.08 Å². The number of imide groups is 1. The third-order valence-electron chi connectivity index (χ3n) is 3.84. The molecule has 3 amide bonds. The molecule has 6 heteroatoms. The number of amides is 3. The molecule has 148 valence electrons. The van der Waals surface area contributed by atoms with Gasteiger partial charge in [-0.2, -0.15) is 0 Å². The Hall–Kier alpha value is -2.11. The third kappa shape index (κ3) is 12.3. The van der Waals surface area contributed by atoms with Crippen LogP contribution in [0.1, 0.15) is 71.6 Å². The second-order valence-corrected chi connectivity index (χ2v) is 5.82. The minimum absolute atomic E-state index is 0.169. The number of ether oxygens (including phenoxy) is 1. The molecule has 26 heavy (non-hydrogen) atoms. The van der Waals surface area contributed by atoms with Gasteiger partial charge < -0.3 is 10.1 Å². The number of urea groups is 1. The number of hydrogen-bond donors (Lipinski definition) is 2. The molecule has 0 saturated heterocycles. The fourth-order valence-electron chi connectivity index (χ4n) is 2.42. The van der Waals surface area contributed by atoms with Crippen LogP contribution in [-0.4, -0.2) is 31.6 Å². The Morgan fingerprint density at radius 1 is 1.08 bits per heavy atom. The lowest BCUT2D eigenvalue weighted by atomic mass is 10.1. The molecule has 0 aromatic carbocycles. The maximum absolute atomic E-state index is 11.9. The van der Waals surface area contributed by atoms with Crippen molar-refractivity contribution in [3.05, 3.63) is 23.8 Å². The van der Waals surface area contributed by atoms with Gasteiger partial charge in [-0.3, -0.25) is 14.9 Å². The van der Waals surface area contributed by atoms with E-state index in [1.165, 1.54) is 7.11 Å². The van der Waals surface area contributed by atoms with Gasteiger partial charge in [0.1, 0.15) is 0 Å². The van der Waals surface area contributed by atoms with E-state index in [9.17, 15) is 14.4 Å². The number of hydrogen-bond acceptors (Lipinski definition) is 4. The van der Waals surface area contributed by atoms with Gasteiger partial charge in [0.25, 0.3) is 5.91 Å². The molecule has 2 N–H and O–H groups in total. The molecule has 0 aromatic heterocycles. The van der Waals surface area contributed by atoms with Crippen LogP contribution in [-0.2, 0) is 14.3 Å². The summed E-state index contributed by atoms with van der Waals surface area (Å²) in [6, 6.07) is -0.445. The number of rotatable bonds is 9. The molecule has 1 aliphatic rings. The van der Waals surface area contributed by atoms with Crippen LogP contribution >= 0.6 is 0 Å². The molecule has 1 aliphatic carbocycles. The van der Waals surface area contributed by atoms with E-state index in [4.69, 9.17) is 0 Å². The summed E-state index contributed by atoms with van der Waals surface area (Å²) < 4.78 is 4.58. The monoisotopic (exact) mass is 366 g/mol. The van der Waals surface area contributed by atoms with Crippen LogP contribution in [0.15, 0.2) is 23.8 Å². The van der Waals surface area contributed by atoms with Crippen LogP contribution in [0.4, 0.5) is 4.79 Å². The van der Waals surface area contributed by atoms with E-state index in [2.05, 4.69) is 15.4 Å². The van der Waals surface area contributed by atoms with E-state index in [-0.39, 0.29) is 11.9 Å². The highest BCUT2D eigenvalue weighted by atomic mass is 16.5. The average molecular weight is 367 g/mol. The average Bonchev–Trinajstić information content (AvgIpc) is 2.94. The first-order chi connectivity index (χ1) is 12.6. The Morgan fingerprint density at radius 3 is 2.50 bits per heavy atom. The number of allylic oxidation sites excluding steroid dienone is 3. The van der Waals surface area contributed by atoms with Crippen LogP contribution in [0.5, 0.6) is 0 Å². The molecule has 0 radical (unpaired) electrons. The van der Waals surface area contributed by atoms with Crippen molar-refractivity contribution in [1.82, 2.24) is 10.6 Å². The number of unbranched alkanes of at least 4 members (excludes halogenated alkanes) is 4. The Kier molecular flexibility index (Phi) is 15.0. The fraction of sp³-hybridized carbons (Fsp3) is 0.650. The van der Waals surface area contributed by atoms with E-state index < -0.39 is 6.03 Å². The van der Waals surface area contributed by atoms with Crippen molar-refractivity contribution in [2.75, 3.05) is 13.7 Å². The van der Waals surface area contributed by atoms with Crippen molar-refractivity contribution >= 4 is 17.9 Å². The lowest BCUT2D eigenvalue weighted by molar-refractivity contribution is -0.140. The molecule has 1 rings (SSSR count). The zero-order chi connectivity index (χ0) is 19.6. The van der Waals surface area contributed by atoms with Gasteiger partial charge in [0.05, 0.1) is 7.11 Å². The molecular weight excluding hydrogens is 332 g/mol. The summed E-state index contributed by atoms with van der Waals surface area (Å²) in [5, 5.41) is 5.06. The van der Waals surface area contributed by atoms with Crippen molar-refractivity contribution in [3.63, 3.8) is 0 Å². The molecule has 0 bridgehead atoms. The van der Waals surface area contributed by atoms with Crippen molar-refractivity contribution in [2.45, 2.75) is 71.6 Å². The fourth-order valence-corrected chi connectivity index (χ4v) is 2.42. The smallest absolute Gasteiger partial charge is 0.321 e. The number of nitrogens with one attached hydrogen (secondary N) is 2. The lowest BCUT2D eigenvalue weighted by Gasteiger charge is -2.08. The maximum Gasteiger partial charge on any atom is 0.321 e. The zero-order valence-electron chi connectivity index (χ0n) is 16.4. The van der Waals surface area contributed by atoms with Gasteiger partial charge in [-0.05, 0) is 32.1 Å². The minimum atomic E-state index is -0.445. The van der Waals surface area contributed by atoms with Crippen LogP contribution in [0.3, 0.4) is 0 Å². The normalized spacial score (nSPS) is 12.8. The first-order valence-corrected chi connectivity index (χ1v) is 9.65. The van der Waals surface area contributed by atoms with Crippen LogP contribution in [0.25, 0.3) is 0 Å². The highest BCUT2D eigenvalue weighted by molar-refractivity contribution is 6.03. The number of methoxy groups -OCH3 is 1. The molecule has 6 nitrogen and oxygen atoms in total. The van der Waals surface area contributed by atoms with Gasteiger partial charge in [-0.25, -0.2) is 4.79 Å². The Bertz CT molecular complexity index is 484. The van der Waals surface area contributed by atoms with Gasteiger partial charge in [-0.1, -0.05) is 51.3 Å². The van der Waals surface area contributed by atoms with Crippen LogP contribution < -0.4 is 10.6 Å². The quantitative estimate of drug-likeness (QED) is 0.477. The first-order valence-electron chi connectivity index (χ1n) is 9.65. The highest BCUT2D eigenvalue weighted by Gasteiger charge is 2.12. The molecule has 0 atom stereocenters. The maximum atomic E-state index is 11.9. The number of carbonyl (C=O) groups excluding carboxylic acids is 3. The molecule has 0 aliphatic heterocycles. The van der Waals surface area contributed by atoms with Crippen molar-refractivity contribution < 1.29 is 19.1 Å². The van der Waals surface area contributed by atoms with Crippen LogP contribution in [0, 0.1) is 0 Å². The van der Waals surface area contributed by atoms with Gasteiger partial charge in [0, 0.05) is 18.5 Å². The lowest BCUT2D eigenvalue weighted by Crippen LogP contribution is -2.40. The van der Waals surface area contributed by atoms with Gasteiger partial charge in [0.2, 0.25) is 0 Å². The second kappa shape index (κ2) is 16.4. The summed E-state index contributed by atoms with van der Waals surface area (Å²) in [5.74, 6) is -0.487. The van der Waals surface area contributed by atoms with E-state index >= 15 is 0 Å². The predicted octanol–water partition coefficient (Wildman–Crippen LogP) is 4.02. The standard InChI is InChI=1S/C18H28N2O4.C2H6/c1-24-16(21)13-9-3-2-6-10-14-19-18(23)20-17(22)15-11-7-4-5-8-12-15;1-2/h4,7,11H,2-3,5-6,8-10,12-14H2,1H3,(H2,19,20,22,23);1-2H3. The van der Waals surface area contributed by atoms with Gasteiger partial charge >= 0.3 is 12.0 Å². The topological polar surface area (TPSA) is 84.5 Å². The van der Waals surface area contributed by atoms with E-state index in [0.29, 0.717) is 25.0 Å². The molecule has 0 unspecified atom stereocenters. The minimum Gasteiger partial charge on any atom is -0.469 e. The molecule has 0 spiro atoms. The summed E-state index contributed by atoms with van der Waals surface area (Å²) >= 11 is 0. The number of carbonyl (C=O) groups is 3. The van der Waals surface area contributed by atoms with Crippen LogP contribution in [0.2, 0.25) is 0 Å². The van der Waals surface area contributed by atoms with Gasteiger partial charge in [0.15, 0.2) is 0 Å². The predicted molar refractivity (Wildman–Crippen MR) is 104 cm³/mol. The molecular formula is C20H34N2O4. The Morgan fingerprint density at radius 2 is 1.77 bits per heavy atom. The largest absolute Gasteiger partial charge is 0.469 e. The summed E-state index contributed by atoms with van der Waals surface area (Å²) in [4.78, 5) is 34.6. The molecule has 0 heterocycles. The SMILES string of the molecule is CC.COC(=O)CCCCCCCNC(=O)NC(=O)C1=CC=CCCC1. The summed E-state index contributed by atoms with van der Waals surface area (Å²) in [6.45, 7) is 4.54. The second-order valence-electron chi connectivity index (χ2n) is 5.82. The van der Waals surface area contributed by atoms with Crippen molar-refractivity contribution in [1.29, 1.82) is 0 Å². The zero-order valence-corrected chi connectivity index (χ0v) is 16.4. The summed E-state index contributed by atoms with van der Waals surface area (Å²) in [6.07, 6.45) is 13.3. The summed E-state index contributed by atoms with van der Waals surface area (Å²) in [7, 11) is 1.40. The van der Waals surface area contributed by atoms with Gasteiger partial charge in [-0.15, -0.1) is 0 Å².